The number of amides is 2. The van der Waals surface area contributed by atoms with Gasteiger partial charge in [0.25, 0.3) is 11.1 Å². The fraction of sp³-hybridized carbons (Fsp3) is 0.150. The van der Waals surface area contributed by atoms with Gasteiger partial charge in [0.15, 0.2) is 0 Å². The maximum absolute atomic E-state index is 12.9. The molecule has 1 aliphatic rings. The lowest BCUT2D eigenvalue weighted by molar-refractivity contribution is -0.113. The number of carbonyl (C=O) groups excluding carboxylic acids is 2. The van der Waals surface area contributed by atoms with E-state index in [9.17, 15) is 9.59 Å². The molecule has 2 aromatic carbocycles. The molecule has 2 amide bonds. The third kappa shape index (κ3) is 2.54. The third-order valence-corrected chi connectivity index (χ3v) is 5.56. The van der Waals surface area contributed by atoms with E-state index in [1.807, 2.05) is 61.9 Å². The highest BCUT2D eigenvalue weighted by molar-refractivity contribution is 8.19. The zero-order valence-electron chi connectivity index (χ0n) is 14.7. The van der Waals surface area contributed by atoms with Gasteiger partial charge >= 0.3 is 0 Å². The van der Waals surface area contributed by atoms with Crippen LogP contribution in [-0.4, -0.2) is 20.7 Å². The lowest BCUT2D eigenvalue weighted by atomic mass is 10.1. The number of aromatic nitrogens is 2. The molecule has 26 heavy (non-hydrogen) atoms. The van der Waals surface area contributed by atoms with E-state index in [1.54, 1.807) is 12.1 Å². The van der Waals surface area contributed by atoms with E-state index in [1.165, 1.54) is 4.90 Å². The van der Waals surface area contributed by atoms with Crippen molar-refractivity contribution in [1.29, 1.82) is 0 Å². The molecule has 6 heteroatoms. The molecule has 0 aliphatic carbocycles. The summed E-state index contributed by atoms with van der Waals surface area (Å²) < 4.78 is 1.92. The molecule has 4 rings (SSSR count). The van der Waals surface area contributed by atoms with Crippen molar-refractivity contribution >= 4 is 45.7 Å². The van der Waals surface area contributed by atoms with Crippen LogP contribution in [0, 0.1) is 13.8 Å². The molecule has 0 saturated carbocycles. The summed E-state index contributed by atoms with van der Waals surface area (Å²) in [7, 11) is 1.90. The third-order valence-electron chi connectivity index (χ3n) is 4.69. The first-order valence-electron chi connectivity index (χ1n) is 8.23. The highest BCUT2D eigenvalue weighted by Crippen LogP contribution is 2.37. The fourth-order valence-electron chi connectivity index (χ4n) is 3.06. The number of para-hydroxylation sites is 2. The second kappa shape index (κ2) is 6.14. The topological polar surface area (TPSA) is 55.2 Å². The van der Waals surface area contributed by atoms with Crippen LogP contribution < -0.4 is 4.90 Å². The summed E-state index contributed by atoms with van der Waals surface area (Å²) in [6, 6.07) is 13.4. The summed E-state index contributed by atoms with van der Waals surface area (Å²) in [5.41, 5.74) is 4.45. The van der Waals surface area contributed by atoms with Crippen molar-refractivity contribution < 1.29 is 9.59 Å². The number of fused-ring (bicyclic) bond motifs is 1. The van der Waals surface area contributed by atoms with Crippen molar-refractivity contribution in [2.75, 3.05) is 4.90 Å². The fourth-order valence-corrected chi connectivity index (χ4v) is 3.87. The predicted octanol–water partition coefficient (Wildman–Crippen LogP) is 4.43. The molecule has 0 N–H and O–H groups in total. The first kappa shape index (κ1) is 16.6. The van der Waals surface area contributed by atoms with Crippen LogP contribution in [0.4, 0.5) is 10.5 Å². The smallest absolute Gasteiger partial charge is 0.298 e. The Morgan fingerprint density at radius 1 is 1.04 bits per heavy atom. The van der Waals surface area contributed by atoms with E-state index >= 15 is 0 Å². The Morgan fingerprint density at radius 2 is 1.81 bits per heavy atom. The van der Waals surface area contributed by atoms with Crippen LogP contribution in [0.2, 0.25) is 0 Å². The minimum Gasteiger partial charge on any atom is -0.328 e. The Hall–Kier alpha value is -2.86. The number of nitrogens with zero attached hydrogens (tertiary/aromatic N) is 3. The normalized spacial score (nSPS) is 16.3. The predicted molar refractivity (Wildman–Crippen MR) is 105 cm³/mol. The monoisotopic (exact) mass is 363 g/mol. The van der Waals surface area contributed by atoms with Crippen LogP contribution >= 0.6 is 11.8 Å². The average Bonchev–Trinajstić information content (AvgIpc) is 3.08. The van der Waals surface area contributed by atoms with Gasteiger partial charge < -0.3 is 4.57 Å². The summed E-state index contributed by atoms with van der Waals surface area (Å²) in [6.45, 7) is 3.89. The molecular formula is C20H17N3O2S. The van der Waals surface area contributed by atoms with Crippen LogP contribution in [0.5, 0.6) is 0 Å². The van der Waals surface area contributed by atoms with E-state index in [0.717, 1.165) is 33.9 Å². The molecule has 0 atom stereocenters. The van der Waals surface area contributed by atoms with Crippen molar-refractivity contribution in [3.8, 4) is 0 Å². The summed E-state index contributed by atoms with van der Waals surface area (Å²) in [5.74, 6) is 0.346. The summed E-state index contributed by atoms with van der Waals surface area (Å²) >= 11 is 0.950. The van der Waals surface area contributed by atoms with Gasteiger partial charge in [0.1, 0.15) is 5.82 Å². The standard InChI is InChI=1S/C20H17N3O2S/c1-12-7-6-10-15(13(12)2)23-19(24)17(26-20(23)25)11-18-21-14-8-4-5-9-16(14)22(18)3/h4-11H,1-3H3. The van der Waals surface area contributed by atoms with Crippen LogP contribution in [0.25, 0.3) is 17.1 Å². The van der Waals surface area contributed by atoms with Crippen molar-refractivity contribution in [2.45, 2.75) is 13.8 Å². The number of carbonyl (C=O) groups is 2. The second-order valence-electron chi connectivity index (χ2n) is 6.25. The summed E-state index contributed by atoms with van der Waals surface area (Å²) in [6.07, 6.45) is 1.69. The number of anilines is 1. The van der Waals surface area contributed by atoms with Gasteiger partial charge in [-0.25, -0.2) is 9.88 Å². The number of imide groups is 1. The molecule has 0 bridgehead atoms. The summed E-state index contributed by atoms with van der Waals surface area (Å²) in [4.78, 5) is 31.6. The van der Waals surface area contributed by atoms with Gasteiger partial charge in [-0.3, -0.25) is 9.59 Å². The number of rotatable bonds is 2. The minimum atomic E-state index is -0.305. The SMILES string of the molecule is Cc1cccc(N2C(=O)SC(=Cc3nc4ccccc4n3C)C2=O)c1C. The molecule has 0 unspecified atom stereocenters. The van der Waals surface area contributed by atoms with Crippen molar-refractivity contribution in [1.82, 2.24) is 9.55 Å². The lowest BCUT2D eigenvalue weighted by Gasteiger charge is -2.16. The number of hydrogen-bond donors (Lipinski definition) is 0. The van der Waals surface area contributed by atoms with Gasteiger partial charge in [-0.2, -0.15) is 0 Å². The van der Waals surface area contributed by atoms with Crippen LogP contribution in [0.1, 0.15) is 17.0 Å². The number of imidazole rings is 1. The number of benzene rings is 2. The highest BCUT2D eigenvalue weighted by atomic mass is 32.2. The molecule has 2 heterocycles. The lowest BCUT2D eigenvalue weighted by Crippen LogP contribution is -2.28. The van der Waals surface area contributed by atoms with Gasteiger partial charge in [0, 0.05) is 13.1 Å². The van der Waals surface area contributed by atoms with E-state index in [2.05, 4.69) is 4.98 Å². The minimum absolute atomic E-state index is 0.284. The van der Waals surface area contributed by atoms with E-state index < -0.39 is 0 Å². The van der Waals surface area contributed by atoms with Crippen molar-refractivity contribution in [2.24, 2.45) is 7.05 Å². The molecule has 0 radical (unpaired) electrons. The zero-order valence-corrected chi connectivity index (χ0v) is 15.5. The van der Waals surface area contributed by atoms with Crippen LogP contribution in [-0.2, 0) is 11.8 Å². The highest BCUT2D eigenvalue weighted by Gasteiger charge is 2.37. The van der Waals surface area contributed by atoms with E-state index in [4.69, 9.17) is 0 Å². The second-order valence-corrected chi connectivity index (χ2v) is 7.25. The van der Waals surface area contributed by atoms with Gasteiger partial charge in [-0.15, -0.1) is 0 Å². The van der Waals surface area contributed by atoms with Crippen LogP contribution in [0.3, 0.4) is 0 Å². The maximum atomic E-state index is 12.9. The van der Waals surface area contributed by atoms with Gasteiger partial charge in [-0.05, 0) is 54.9 Å². The van der Waals surface area contributed by atoms with Gasteiger partial charge in [0.05, 0.1) is 21.6 Å². The van der Waals surface area contributed by atoms with Crippen molar-refractivity contribution in [3.63, 3.8) is 0 Å². The van der Waals surface area contributed by atoms with E-state index in [0.29, 0.717) is 16.4 Å². The molecular weight excluding hydrogens is 346 g/mol. The van der Waals surface area contributed by atoms with Gasteiger partial charge in [-0.1, -0.05) is 24.3 Å². The largest absolute Gasteiger partial charge is 0.328 e. The molecule has 1 fully saturated rings. The van der Waals surface area contributed by atoms with E-state index in [-0.39, 0.29) is 11.1 Å². The first-order valence-corrected chi connectivity index (χ1v) is 9.04. The van der Waals surface area contributed by atoms with Crippen LogP contribution in [0.15, 0.2) is 47.4 Å². The molecule has 5 nitrogen and oxygen atoms in total. The quantitative estimate of drug-likeness (QED) is 0.632. The first-order chi connectivity index (χ1) is 12.5. The Balaban J connectivity index is 1.76. The number of hydrogen-bond acceptors (Lipinski definition) is 4. The van der Waals surface area contributed by atoms with Crippen molar-refractivity contribution in [3.05, 3.63) is 64.3 Å². The number of thioether (sulfide) groups is 1. The Morgan fingerprint density at radius 3 is 2.58 bits per heavy atom. The maximum Gasteiger partial charge on any atom is 0.298 e. The Labute approximate surface area is 155 Å². The molecule has 1 saturated heterocycles. The molecule has 130 valence electrons. The summed E-state index contributed by atoms with van der Waals surface area (Å²) in [5, 5.41) is -0.284. The Kier molecular flexibility index (Phi) is 3.92. The average molecular weight is 363 g/mol. The zero-order chi connectivity index (χ0) is 18.4. The Bertz CT molecular complexity index is 1100. The molecule has 1 aromatic heterocycles. The van der Waals surface area contributed by atoms with Gasteiger partial charge in [0.2, 0.25) is 0 Å². The number of aryl methyl sites for hydroxylation is 2. The molecule has 1 aliphatic heterocycles. The molecule has 0 spiro atoms. The molecule has 3 aromatic rings.